The monoisotopic (exact) mass is 341 g/mol. The van der Waals surface area contributed by atoms with Crippen LogP contribution in [-0.4, -0.2) is 12.1 Å². The van der Waals surface area contributed by atoms with Gasteiger partial charge < -0.3 is 15.2 Å². The van der Waals surface area contributed by atoms with Gasteiger partial charge in [0.1, 0.15) is 23.1 Å². The van der Waals surface area contributed by atoms with Gasteiger partial charge in [-0.2, -0.15) is 0 Å². The first kappa shape index (κ1) is 15.9. The number of nitrogens with two attached hydrogens (primary N) is 1. The lowest BCUT2D eigenvalue weighted by atomic mass is 10.2. The number of hydrogen-bond acceptors (Lipinski definition) is 3. The molecule has 0 atom stereocenters. The number of benzene rings is 2. The summed E-state index contributed by atoms with van der Waals surface area (Å²) < 4.78 is 11.0. The Morgan fingerprint density at radius 1 is 1.10 bits per heavy atom. The van der Waals surface area contributed by atoms with Crippen LogP contribution in [0, 0.1) is 0 Å². The molecule has 0 heterocycles. The lowest BCUT2D eigenvalue weighted by molar-refractivity contribution is 0.296. The molecule has 0 aromatic heterocycles. The van der Waals surface area contributed by atoms with E-state index in [-0.39, 0.29) is 11.6 Å². The Kier molecular flexibility index (Phi) is 5.28. The van der Waals surface area contributed by atoms with Crippen molar-refractivity contribution in [2.45, 2.75) is 6.61 Å². The summed E-state index contributed by atoms with van der Waals surface area (Å²) in [6.07, 6.45) is 0. The van der Waals surface area contributed by atoms with Crippen molar-refractivity contribution in [2.75, 3.05) is 7.11 Å². The number of thiocarbonyl (C=S) groups is 1. The van der Waals surface area contributed by atoms with Crippen LogP contribution < -0.4 is 15.2 Å². The first-order chi connectivity index (χ1) is 10.0. The van der Waals surface area contributed by atoms with Crippen molar-refractivity contribution >= 4 is 40.4 Å². The number of methoxy groups -OCH3 is 1. The van der Waals surface area contributed by atoms with Crippen LogP contribution in [0.5, 0.6) is 11.5 Å². The van der Waals surface area contributed by atoms with Crippen molar-refractivity contribution in [1.82, 2.24) is 0 Å². The topological polar surface area (TPSA) is 44.5 Å². The molecule has 21 heavy (non-hydrogen) atoms. The summed E-state index contributed by atoms with van der Waals surface area (Å²) in [7, 11) is 1.59. The van der Waals surface area contributed by atoms with Gasteiger partial charge in [-0.05, 0) is 36.4 Å². The molecule has 3 nitrogen and oxygen atoms in total. The van der Waals surface area contributed by atoms with Crippen LogP contribution in [0.4, 0.5) is 0 Å². The van der Waals surface area contributed by atoms with Crippen LogP contribution in [0.25, 0.3) is 0 Å². The lowest BCUT2D eigenvalue weighted by Gasteiger charge is -2.13. The molecule has 2 aromatic rings. The second-order valence-electron chi connectivity index (χ2n) is 4.25. The molecular weight excluding hydrogens is 329 g/mol. The number of ether oxygens (including phenoxy) is 2. The van der Waals surface area contributed by atoms with Gasteiger partial charge in [-0.3, -0.25) is 0 Å². The van der Waals surface area contributed by atoms with E-state index in [0.717, 1.165) is 5.56 Å². The van der Waals surface area contributed by atoms with Crippen LogP contribution in [0.3, 0.4) is 0 Å². The van der Waals surface area contributed by atoms with Gasteiger partial charge in [-0.25, -0.2) is 0 Å². The fourth-order valence-corrected chi connectivity index (χ4v) is 2.36. The molecule has 2 aromatic carbocycles. The average Bonchev–Trinajstić information content (AvgIpc) is 2.45. The highest BCUT2D eigenvalue weighted by atomic mass is 35.5. The molecule has 0 bridgehead atoms. The molecule has 0 aliphatic rings. The Balaban J connectivity index is 2.26. The Morgan fingerprint density at radius 2 is 1.76 bits per heavy atom. The molecule has 0 saturated heterocycles. The summed E-state index contributed by atoms with van der Waals surface area (Å²) in [6, 6.07) is 10.4. The maximum Gasteiger partial charge on any atom is 0.131 e. The van der Waals surface area contributed by atoms with Gasteiger partial charge >= 0.3 is 0 Å². The molecule has 110 valence electrons. The van der Waals surface area contributed by atoms with Crippen molar-refractivity contribution in [3.05, 3.63) is 57.6 Å². The first-order valence-corrected chi connectivity index (χ1v) is 7.22. The summed E-state index contributed by atoms with van der Waals surface area (Å²) in [4.78, 5) is 0.250. The van der Waals surface area contributed by atoms with Gasteiger partial charge in [0.15, 0.2) is 0 Å². The SMILES string of the molecule is COc1ccc(Cl)cc1COc1cc(Cl)ccc1C(N)=S. The van der Waals surface area contributed by atoms with Gasteiger partial charge in [0, 0.05) is 15.6 Å². The van der Waals surface area contributed by atoms with Crippen LogP contribution in [0.2, 0.25) is 10.0 Å². The van der Waals surface area contributed by atoms with Crippen molar-refractivity contribution in [2.24, 2.45) is 5.73 Å². The molecule has 2 N–H and O–H groups in total. The molecule has 0 aliphatic carbocycles. The van der Waals surface area contributed by atoms with Crippen LogP contribution >= 0.6 is 35.4 Å². The smallest absolute Gasteiger partial charge is 0.131 e. The van der Waals surface area contributed by atoms with Gasteiger partial charge in [0.05, 0.1) is 12.7 Å². The van der Waals surface area contributed by atoms with Gasteiger partial charge in [0.25, 0.3) is 0 Å². The minimum Gasteiger partial charge on any atom is -0.496 e. The van der Waals surface area contributed by atoms with E-state index in [0.29, 0.717) is 27.1 Å². The van der Waals surface area contributed by atoms with Gasteiger partial charge in [-0.15, -0.1) is 0 Å². The first-order valence-electron chi connectivity index (χ1n) is 6.06. The van der Waals surface area contributed by atoms with Crippen LogP contribution in [-0.2, 0) is 6.61 Å². The molecular formula is C15H13Cl2NO2S. The highest BCUT2D eigenvalue weighted by molar-refractivity contribution is 7.80. The summed E-state index contributed by atoms with van der Waals surface area (Å²) in [5.74, 6) is 1.22. The Bertz CT molecular complexity index is 677. The fourth-order valence-electron chi connectivity index (χ4n) is 1.83. The summed E-state index contributed by atoms with van der Waals surface area (Å²) in [5, 5.41) is 1.15. The zero-order valence-electron chi connectivity index (χ0n) is 11.2. The Labute approximate surface area is 138 Å². The largest absolute Gasteiger partial charge is 0.496 e. The highest BCUT2D eigenvalue weighted by Gasteiger charge is 2.10. The highest BCUT2D eigenvalue weighted by Crippen LogP contribution is 2.27. The van der Waals surface area contributed by atoms with Crippen LogP contribution in [0.15, 0.2) is 36.4 Å². The van der Waals surface area contributed by atoms with Gasteiger partial charge in [-0.1, -0.05) is 35.4 Å². The van der Waals surface area contributed by atoms with Gasteiger partial charge in [0.2, 0.25) is 0 Å². The molecule has 0 saturated carbocycles. The third-order valence-electron chi connectivity index (χ3n) is 2.83. The molecule has 0 amide bonds. The molecule has 0 spiro atoms. The standard InChI is InChI=1S/C15H13Cl2NO2S/c1-19-13-5-3-10(16)6-9(13)8-20-14-7-11(17)2-4-12(14)15(18)21/h2-7H,8H2,1H3,(H2,18,21). The van der Waals surface area contributed by atoms with E-state index in [9.17, 15) is 0 Å². The van der Waals surface area contributed by atoms with Crippen molar-refractivity contribution in [3.8, 4) is 11.5 Å². The minimum absolute atomic E-state index is 0.250. The predicted octanol–water partition coefficient (Wildman–Crippen LogP) is 4.22. The maximum atomic E-state index is 5.99. The van der Waals surface area contributed by atoms with E-state index in [2.05, 4.69) is 0 Å². The van der Waals surface area contributed by atoms with E-state index < -0.39 is 0 Å². The Morgan fingerprint density at radius 3 is 2.43 bits per heavy atom. The van der Waals surface area contributed by atoms with E-state index >= 15 is 0 Å². The van der Waals surface area contributed by atoms with E-state index in [1.54, 1.807) is 43.5 Å². The summed E-state index contributed by atoms with van der Waals surface area (Å²) >= 11 is 17.0. The molecule has 0 radical (unpaired) electrons. The van der Waals surface area contributed by atoms with Crippen LogP contribution in [0.1, 0.15) is 11.1 Å². The minimum atomic E-state index is 0.250. The maximum absolute atomic E-state index is 5.99. The summed E-state index contributed by atoms with van der Waals surface area (Å²) in [6.45, 7) is 0.264. The predicted molar refractivity (Wildman–Crippen MR) is 89.7 cm³/mol. The average molecular weight is 342 g/mol. The van der Waals surface area contributed by atoms with Crippen molar-refractivity contribution in [1.29, 1.82) is 0 Å². The third-order valence-corrected chi connectivity index (χ3v) is 3.52. The van der Waals surface area contributed by atoms with Crippen molar-refractivity contribution in [3.63, 3.8) is 0 Å². The van der Waals surface area contributed by atoms with Crippen molar-refractivity contribution < 1.29 is 9.47 Å². The quantitative estimate of drug-likeness (QED) is 0.827. The fraction of sp³-hybridized carbons (Fsp3) is 0.133. The molecule has 0 unspecified atom stereocenters. The van der Waals surface area contributed by atoms with E-state index in [1.807, 2.05) is 0 Å². The lowest BCUT2D eigenvalue weighted by Crippen LogP contribution is -2.11. The molecule has 6 heteroatoms. The molecule has 0 aliphatic heterocycles. The third kappa shape index (κ3) is 4.00. The number of halogens is 2. The second-order valence-corrected chi connectivity index (χ2v) is 5.56. The zero-order chi connectivity index (χ0) is 15.4. The Hall–Kier alpha value is -1.49. The molecule has 0 fully saturated rings. The molecule has 2 rings (SSSR count). The van der Waals surface area contributed by atoms with E-state index in [4.69, 9.17) is 50.6 Å². The van der Waals surface area contributed by atoms with E-state index in [1.165, 1.54) is 0 Å². The number of rotatable bonds is 5. The normalized spacial score (nSPS) is 10.2. The second kappa shape index (κ2) is 6.98. The number of hydrogen-bond donors (Lipinski definition) is 1. The zero-order valence-corrected chi connectivity index (χ0v) is 13.6. The summed E-state index contributed by atoms with van der Waals surface area (Å²) in [5.41, 5.74) is 7.13.